The van der Waals surface area contributed by atoms with Crippen LogP contribution in [0.15, 0.2) is 36.4 Å². The van der Waals surface area contributed by atoms with Crippen LogP contribution in [-0.4, -0.2) is 40.4 Å². The second kappa shape index (κ2) is 7.99. The number of aryl methyl sites for hydroxylation is 1. The molecule has 0 bridgehead atoms. The Morgan fingerprint density at radius 2 is 1.70 bits per heavy atom. The largest absolute Gasteiger partial charge is 0.349 e. The van der Waals surface area contributed by atoms with Crippen LogP contribution in [0.2, 0.25) is 0 Å². The standard InChI is InChI=1S/C22H29N3O2/c1-15(2)25-16(3)14-20(17(25)4)22(27)24-12-10-19(11-13-24)23-21(26)18-8-6-5-7-9-18/h5-9,14-15,19H,10-13H2,1-4H3,(H,23,26). The lowest BCUT2D eigenvalue weighted by Crippen LogP contribution is -2.46. The van der Waals surface area contributed by atoms with Gasteiger partial charge in [-0.25, -0.2) is 0 Å². The van der Waals surface area contributed by atoms with Crippen LogP contribution in [0.4, 0.5) is 0 Å². The minimum atomic E-state index is -0.0409. The van der Waals surface area contributed by atoms with Gasteiger partial charge in [-0.1, -0.05) is 18.2 Å². The first-order valence-electron chi connectivity index (χ1n) is 9.72. The number of likely N-dealkylation sites (tertiary alicyclic amines) is 1. The van der Waals surface area contributed by atoms with Gasteiger partial charge in [-0.15, -0.1) is 0 Å². The van der Waals surface area contributed by atoms with Crippen LogP contribution in [0.25, 0.3) is 0 Å². The minimum absolute atomic E-state index is 0.0409. The highest BCUT2D eigenvalue weighted by Crippen LogP contribution is 2.23. The van der Waals surface area contributed by atoms with Crippen LogP contribution in [0.5, 0.6) is 0 Å². The van der Waals surface area contributed by atoms with Gasteiger partial charge in [0.05, 0.1) is 5.56 Å². The molecule has 2 aromatic rings. The van der Waals surface area contributed by atoms with Crippen molar-refractivity contribution in [3.8, 4) is 0 Å². The Kier molecular flexibility index (Phi) is 5.68. The summed E-state index contributed by atoms with van der Waals surface area (Å²) in [5.41, 5.74) is 3.63. The van der Waals surface area contributed by atoms with Crippen LogP contribution in [0, 0.1) is 13.8 Å². The van der Waals surface area contributed by atoms with E-state index >= 15 is 0 Å². The first kappa shape index (κ1) is 19.2. The second-order valence-electron chi connectivity index (χ2n) is 7.65. The van der Waals surface area contributed by atoms with Gasteiger partial charge >= 0.3 is 0 Å². The molecule has 0 spiro atoms. The number of rotatable bonds is 4. The molecule has 0 atom stereocenters. The lowest BCUT2D eigenvalue weighted by Gasteiger charge is -2.32. The van der Waals surface area contributed by atoms with Gasteiger partial charge in [0, 0.05) is 42.1 Å². The Bertz CT molecular complexity index is 816. The fourth-order valence-electron chi connectivity index (χ4n) is 4.04. The minimum Gasteiger partial charge on any atom is -0.349 e. The Balaban J connectivity index is 1.60. The van der Waals surface area contributed by atoms with Crippen molar-refractivity contribution >= 4 is 11.8 Å². The van der Waals surface area contributed by atoms with Crippen LogP contribution in [-0.2, 0) is 0 Å². The second-order valence-corrected chi connectivity index (χ2v) is 7.65. The smallest absolute Gasteiger partial charge is 0.255 e. The summed E-state index contributed by atoms with van der Waals surface area (Å²) >= 11 is 0. The van der Waals surface area contributed by atoms with Crippen LogP contribution in [0.3, 0.4) is 0 Å². The van der Waals surface area contributed by atoms with Crippen molar-refractivity contribution in [2.75, 3.05) is 13.1 Å². The zero-order valence-electron chi connectivity index (χ0n) is 16.7. The lowest BCUT2D eigenvalue weighted by atomic mass is 10.0. The number of piperidine rings is 1. The van der Waals surface area contributed by atoms with E-state index in [4.69, 9.17) is 0 Å². The van der Waals surface area contributed by atoms with Crippen molar-refractivity contribution in [2.45, 2.75) is 52.6 Å². The van der Waals surface area contributed by atoms with E-state index in [1.54, 1.807) is 0 Å². The number of carbonyl (C=O) groups is 2. The van der Waals surface area contributed by atoms with E-state index in [2.05, 4.69) is 30.7 Å². The molecule has 5 nitrogen and oxygen atoms in total. The topological polar surface area (TPSA) is 54.3 Å². The molecule has 1 fully saturated rings. The maximum atomic E-state index is 13.0. The third-order valence-electron chi connectivity index (χ3n) is 5.38. The quantitative estimate of drug-likeness (QED) is 0.895. The van der Waals surface area contributed by atoms with E-state index in [-0.39, 0.29) is 17.9 Å². The molecular weight excluding hydrogens is 338 g/mol. The molecule has 1 aliphatic heterocycles. The summed E-state index contributed by atoms with van der Waals surface area (Å²) in [6, 6.07) is 11.7. The average molecular weight is 367 g/mol. The van der Waals surface area contributed by atoms with Crippen molar-refractivity contribution in [3.05, 3.63) is 58.9 Å². The van der Waals surface area contributed by atoms with Gasteiger partial charge in [0.25, 0.3) is 11.8 Å². The summed E-state index contributed by atoms with van der Waals surface area (Å²) in [5, 5.41) is 3.09. The van der Waals surface area contributed by atoms with Crippen molar-refractivity contribution in [3.63, 3.8) is 0 Å². The van der Waals surface area contributed by atoms with Gasteiger partial charge < -0.3 is 14.8 Å². The summed E-state index contributed by atoms with van der Waals surface area (Å²) in [5.74, 6) is 0.0590. The summed E-state index contributed by atoms with van der Waals surface area (Å²) in [6.07, 6.45) is 1.57. The Morgan fingerprint density at radius 1 is 1.07 bits per heavy atom. The number of benzene rings is 1. The van der Waals surface area contributed by atoms with Gasteiger partial charge in [-0.3, -0.25) is 9.59 Å². The summed E-state index contributed by atoms with van der Waals surface area (Å²) < 4.78 is 2.21. The third-order valence-corrected chi connectivity index (χ3v) is 5.38. The highest BCUT2D eigenvalue weighted by molar-refractivity contribution is 5.96. The molecule has 2 heterocycles. The molecule has 1 N–H and O–H groups in total. The fourth-order valence-corrected chi connectivity index (χ4v) is 4.04. The van der Waals surface area contributed by atoms with Crippen LogP contribution in [0.1, 0.15) is 64.8 Å². The lowest BCUT2D eigenvalue weighted by molar-refractivity contribution is 0.0697. The molecule has 0 saturated carbocycles. The Morgan fingerprint density at radius 3 is 2.26 bits per heavy atom. The molecule has 1 saturated heterocycles. The molecule has 0 unspecified atom stereocenters. The summed E-state index contributed by atoms with van der Waals surface area (Å²) in [7, 11) is 0. The first-order chi connectivity index (χ1) is 12.9. The molecule has 0 radical (unpaired) electrons. The van der Waals surface area contributed by atoms with E-state index in [1.807, 2.05) is 48.2 Å². The van der Waals surface area contributed by atoms with Crippen LogP contribution < -0.4 is 5.32 Å². The van der Waals surface area contributed by atoms with E-state index < -0.39 is 0 Å². The molecule has 27 heavy (non-hydrogen) atoms. The van der Waals surface area contributed by atoms with Crippen LogP contribution >= 0.6 is 0 Å². The molecular formula is C22H29N3O2. The molecule has 1 aliphatic rings. The van der Waals surface area contributed by atoms with Gasteiger partial charge in [0.1, 0.15) is 0 Å². The van der Waals surface area contributed by atoms with E-state index in [1.165, 1.54) is 0 Å². The Hall–Kier alpha value is -2.56. The van der Waals surface area contributed by atoms with Crippen molar-refractivity contribution < 1.29 is 9.59 Å². The summed E-state index contributed by atoms with van der Waals surface area (Å²) in [6.45, 7) is 9.68. The molecule has 1 aromatic carbocycles. The molecule has 2 amide bonds. The number of hydrogen-bond acceptors (Lipinski definition) is 2. The van der Waals surface area contributed by atoms with Crippen molar-refractivity contribution in [2.24, 2.45) is 0 Å². The number of aromatic nitrogens is 1. The SMILES string of the molecule is Cc1cc(C(=O)N2CCC(NC(=O)c3ccccc3)CC2)c(C)n1C(C)C. The predicted molar refractivity (Wildman–Crippen MR) is 107 cm³/mol. The maximum Gasteiger partial charge on any atom is 0.255 e. The average Bonchev–Trinajstić information content (AvgIpc) is 2.96. The van der Waals surface area contributed by atoms with E-state index in [0.717, 1.165) is 29.8 Å². The first-order valence-corrected chi connectivity index (χ1v) is 9.72. The van der Waals surface area contributed by atoms with Gasteiger partial charge in [0.15, 0.2) is 0 Å². The number of hydrogen-bond donors (Lipinski definition) is 1. The normalized spacial score (nSPS) is 15.2. The number of nitrogens with zero attached hydrogens (tertiary/aromatic N) is 2. The Labute approximate surface area is 161 Å². The van der Waals surface area contributed by atoms with Gasteiger partial charge in [0.2, 0.25) is 0 Å². The highest BCUT2D eigenvalue weighted by atomic mass is 16.2. The third kappa shape index (κ3) is 4.07. The molecule has 3 rings (SSSR count). The van der Waals surface area contributed by atoms with Gasteiger partial charge in [-0.05, 0) is 58.7 Å². The van der Waals surface area contributed by atoms with Crippen molar-refractivity contribution in [1.29, 1.82) is 0 Å². The predicted octanol–water partition coefficient (Wildman–Crippen LogP) is 3.72. The molecule has 0 aliphatic carbocycles. The monoisotopic (exact) mass is 367 g/mol. The summed E-state index contributed by atoms with van der Waals surface area (Å²) in [4.78, 5) is 27.2. The number of nitrogens with one attached hydrogen (secondary N) is 1. The van der Waals surface area contributed by atoms with Crippen molar-refractivity contribution in [1.82, 2.24) is 14.8 Å². The molecule has 1 aromatic heterocycles. The molecule has 5 heteroatoms. The fraction of sp³-hybridized carbons (Fsp3) is 0.455. The van der Waals surface area contributed by atoms with E-state index in [0.29, 0.717) is 24.7 Å². The maximum absolute atomic E-state index is 13.0. The van der Waals surface area contributed by atoms with Gasteiger partial charge in [-0.2, -0.15) is 0 Å². The zero-order valence-corrected chi connectivity index (χ0v) is 16.7. The highest BCUT2D eigenvalue weighted by Gasteiger charge is 2.27. The molecule has 144 valence electrons. The number of amides is 2. The zero-order chi connectivity index (χ0) is 19.6. The number of carbonyl (C=O) groups excluding carboxylic acids is 2. The van der Waals surface area contributed by atoms with E-state index in [9.17, 15) is 9.59 Å².